The van der Waals surface area contributed by atoms with E-state index in [1.807, 2.05) is 4.90 Å². The smallest absolute Gasteiger partial charge is 0.229 e. The average molecular weight is 242 g/mol. The molecule has 2 rings (SSSR count). The Morgan fingerprint density at radius 2 is 2.12 bits per heavy atom. The Labute approximate surface area is 102 Å². The van der Waals surface area contributed by atoms with Crippen LogP contribution in [0.3, 0.4) is 0 Å². The van der Waals surface area contributed by atoms with Gasteiger partial charge in [0.25, 0.3) is 0 Å². The van der Waals surface area contributed by atoms with E-state index in [9.17, 15) is 4.79 Å². The van der Waals surface area contributed by atoms with Gasteiger partial charge in [0.1, 0.15) is 0 Å². The van der Waals surface area contributed by atoms with Gasteiger partial charge in [-0.3, -0.25) is 4.79 Å². The van der Waals surface area contributed by atoms with Crippen molar-refractivity contribution in [3.8, 4) is 0 Å². The van der Waals surface area contributed by atoms with Crippen LogP contribution in [0.5, 0.6) is 0 Å². The fourth-order valence-electron chi connectivity index (χ4n) is 2.62. The Morgan fingerprint density at radius 1 is 1.41 bits per heavy atom. The number of hydrogen-bond acceptors (Lipinski definition) is 4. The molecule has 2 saturated heterocycles. The number of hydrogen-bond donors (Lipinski definition) is 1. The molecule has 1 amide bonds. The second-order valence-electron chi connectivity index (χ2n) is 5.03. The first-order valence-electron chi connectivity index (χ1n) is 6.33. The Kier molecular flexibility index (Phi) is 4.36. The maximum Gasteiger partial charge on any atom is 0.229 e. The van der Waals surface area contributed by atoms with Crippen molar-refractivity contribution in [2.45, 2.75) is 18.9 Å². The molecular formula is C12H22N2O3. The number of nitrogens with two attached hydrogens (primary N) is 1. The van der Waals surface area contributed by atoms with Gasteiger partial charge in [0.05, 0.1) is 19.1 Å². The number of rotatable bonds is 3. The van der Waals surface area contributed by atoms with Crippen LogP contribution in [0.4, 0.5) is 0 Å². The summed E-state index contributed by atoms with van der Waals surface area (Å²) >= 11 is 0. The third-order valence-corrected chi connectivity index (χ3v) is 3.77. The molecule has 0 bridgehead atoms. The normalized spacial score (nSPS) is 30.8. The first-order valence-corrected chi connectivity index (χ1v) is 6.33. The number of ether oxygens (including phenoxy) is 2. The van der Waals surface area contributed by atoms with Crippen LogP contribution in [-0.2, 0) is 14.3 Å². The lowest BCUT2D eigenvalue weighted by Crippen LogP contribution is -2.47. The van der Waals surface area contributed by atoms with Gasteiger partial charge in [-0.1, -0.05) is 0 Å². The van der Waals surface area contributed by atoms with Gasteiger partial charge < -0.3 is 20.1 Å². The van der Waals surface area contributed by atoms with E-state index in [0.717, 1.165) is 32.5 Å². The highest BCUT2D eigenvalue weighted by Gasteiger charge is 2.35. The Hall–Kier alpha value is -0.650. The lowest BCUT2D eigenvalue weighted by molar-refractivity contribution is -0.137. The molecule has 0 aromatic heterocycles. The SMILES string of the molecule is COCC1CCN(C(=O)C2COCC2N)CC1. The summed E-state index contributed by atoms with van der Waals surface area (Å²) in [4.78, 5) is 14.1. The van der Waals surface area contributed by atoms with Crippen molar-refractivity contribution in [3.05, 3.63) is 0 Å². The van der Waals surface area contributed by atoms with Crippen molar-refractivity contribution in [3.63, 3.8) is 0 Å². The molecule has 0 saturated carbocycles. The molecule has 2 fully saturated rings. The minimum atomic E-state index is -0.131. The molecule has 2 N–H and O–H groups in total. The van der Waals surface area contributed by atoms with E-state index in [1.165, 1.54) is 0 Å². The predicted octanol–water partition coefficient (Wildman–Crippen LogP) is -0.155. The molecule has 0 aliphatic carbocycles. The van der Waals surface area contributed by atoms with Crippen LogP contribution < -0.4 is 5.73 Å². The van der Waals surface area contributed by atoms with Crippen LogP contribution in [0.15, 0.2) is 0 Å². The molecule has 17 heavy (non-hydrogen) atoms. The number of likely N-dealkylation sites (tertiary alicyclic amines) is 1. The van der Waals surface area contributed by atoms with E-state index in [2.05, 4.69) is 0 Å². The highest BCUT2D eigenvalue weighted by molar-refractivity contribution is 5.80. The van der Waals surface area contributed by atoms with Crippen LogP contribution >= 0.6 is 0 Å². The van der Waals surface area contributed by atoms with Crippen LogP contribution in [0.2, 0.25) is 0 Å². The highest BCUT2D eigenvalue weighted by atomic mass is 16.5. The molecule has 5 heteroatoms. The van der Waals surface area contributed by atoms with Crippen molar-refractivity contribution < 1.29 is 14.3 Å². The summed E-state index contributed by atoms with van der Waals surface area (Å²) in [6, 6.07) is -0.126. The number of amides is 1. The summed E-state index contributed by atoms with van der Waals surface area (Å²) in [5.41, 5.74) is 5.87. The van der Waals surface area contributed by atoms with Crippen LogP contribution in [0.25, 0.3) is 0 Å². The third-order valence-electron chi connectivity index (χ3n) is 3.77. The fraction of sp³-hybridized carbons (Fsp3) is 0.917. The summed E-state index contributed by atoms with van der Waals surface area (Å²) in [5.74, 6) is 0.636. The summed E-state index contributed by atoms with van der Waals surface area (Å²) in [6.07, 6.45) is 2.06. The first kappa shape index (κ1) is 12.8. The van der Waals surface area contributed by atoms with E-state index in [-0.39, 0.29) is 17.9 Å². The van der Waals surface area contributed by atoms with Gasteiger partial charge in [0, 0.05) is 32.8 Å². The molecule has 5 nitrogen and oxygen atoms in total. The van der Waals surface area contributed by atoms with Crippen LogP contribution in [-0.4, -0.2) is 56.9 Å². The van der Waals surface area contributed by atoms with Gasteiger partial charge in [-0.25, -0.2) is 0 Å². The van der Waals surface area contributed by atoms with Gasteiger partial charge in [0.15, 0.2) is 0 Å². The van der Waals surface area contributed by atoms with Gasteiger partial charge in [-0.15, -0.1) is 0 Å². The molecule has 0 aromatic rings. The number of nitrogens with zero attached hydrogens (tertiary/aromatic N) is 1. The van der Waals surface area contributed by atoms with Gasteiger partial charge in [-0.2, -0.15) is 0 Å². The molecule has 2 aliphatic rings. The highest BCUT2D eigenvalue weighted by Crippen LogP contribution is 2.21. The zero-order valence-electron chi connectivity index (χ0n) is 10.4. The quantitative estimate of drug-likeness (QED) is 0.747. The van der Waals surface area contributed by atoms with E-state index in [1.54, 1.807) is 7.11 Å². The van der Waals surface area contributed by atoms with Gasteiger partial charge >= 0.3 is 0 Å². The maximum atomic E-state index is 12.2. The lowest BCUT2D eigenvalue weighted by atomic mass is 9.95. The summed E-state index contributed by atoms with van der Waals surface area (Å²) in [6.45, 7) is 3.45. The Bertz CT molecular complexity index is 264. The van der Waals surface area contributed by atoms with Gasteiger partial charge in [-0.05, 0) is 18.8 Å². The number of methoxy groups -OCH3 is 1. The van der Waals surface area contributed by atoms with E-state index in [4.69, 9.17) is 15.2 Å². The molecule has 0 spiro atoms. The van der Waals surface area contributed by atoms with Crippen molar-refractivity contribution >= 4 is 5.91 Å². The summed E-state index contributed by atoms with van der Waals surface area (Å²) in [7, 11) is 1.73. The van der Waals surface area contributed by atoms with E-state index >= 15 is 0 Å². The summed E-state index contributed by atoms with van der Waals surface area (Å²) in [5, 5.41) is 0. The van der Waals surface area contributed by atoms with Crippen molar-refractivity contribution in [1.29, 1.82) is 0 Å². The molecular weight excluding hydrogens is 220 g/mol. The zero-order valence-corrected chi connectivity index (χ0v) is 10.4. The largest absolute Gasteiger partial charge is 0.384 e. The minimum Gasteiger partial charge on any atom is -0.384 e. The minimum absolute atomic E-state index is 0.126. The monoisotopic (exact) mass is 242 g/mol. The molecule has 2 aliphatic heterocycles. The Morgan fingerprint density at radius 3 is 2.65 bits per heavy atom. The van der Waals surface area contributed by atoms with Crippen LogP contribution in [0, 0.1) is 11.8 Å². The molecule has 0 aromatic carbocycles. The topological polar surface area (TPSA) is 64.8 Å². The zero-order chi connectivity index (χ0) is 12.3. The standard InChI is InChI=1S/C12H22N2O3/c1-16-6-9-2-4-14(5-3-9)12(15)10-7-17-8-11(10)13/h9-11H,2-8,13H2,1H3. The van der Waals surface area contributed by atoms with E-state index in [0.29, 0.717) is 19.1 Å². The van der Waals surface area contributed by atoms with E-state index < -0.39 is 0 Å². The molecule has 2 heterocycles. The lowest BCUT2D eigenvalue weighted by Gasteiger charge is -2.33. The van der Waals surface area contributed by atoms with Crippen molar-refractivity contribution in [1.82, 2.24) is 4.90 Å². The van der Waals surface area contributed by atoms with Crippen LogP contribution in [0.1, 0.15) is 12.8 Å². The molecule has 2 unspecified atom stereocenters. The maximum absolute atomic E-state index is 12.2. The first-order chi connectivity index (χ1) is 8.22. The second kappa shape index (κ2) is 5.80. The number of carbonyl (C=O) groups excluding carboxylic acids is 1. The van der Waals surface area contributed by atoms with Crippen molar-refractivity contribution in [2.24, 2.45) is 17.6 Å². The number of piperidine rings is 1. The number of carbonyl (C=O) groups is 1. The third kappa shape index (κ3) is 2.97. The molecule has 98 valence electrons. The Balaban J connectivity index is 1.82. The average Bonchev–Trinajstić information content (AvgIpc) is 2.76. The fourth-order valence-corrected chi connectivity index (χ4v) is 2.62. The molecule has 0 radical (unpaired) electrons. The van der Waals surface area contributed by atoms with Gasteiger partial charge in [0.2, 0.25) is 5.91 Å². The summed E-state index contributed by atoms with van der Waals surface area (Å²) < 4.78 is 10.4. The van der Waals surface area contributed by atoms with Crippen molar-refractivity contribution in [2.75, 3.05) is 40.0 Å². The predicted molar refractivity (Wildman–Crippen MR) is 63.5 cm³/mol. The second-order valence-corrected chi connectivity index (χ2v) is 5.03. The molecule has 2 atom stereocenters.